The van der Waals surface area contributed by atoms with E-state index in [4.69, 9.17) is 0 Å². The minimum absolute atomic E-state index is 0.0134. The fourth-order valence-electron chi connectivity index (χ4n) is 3.55. The van der Waals surface area contributed by atoms with Gasteiger partial charge in [-0.05, 0) is 44.5 Å². The summed E-state index contributed by atoms with van der Waals surface area (Å²) in [7, 11) is 1.95. The molecule has 1 aromatic heterocycles. The first kappa shape index (κ1) is 17.8. The molecule has 2 aromatic rings. The van der Waals surface area contributed by atoms with Crippen LogP contribution in [0.5, 0.6) is 0 Å². The van der Waals surface area contributed by atoms with E-state index in [9.17, 15) is 13.6 Å². The summed E-state index contributed by atoms with van der Waals surface area (Å²) in [5.41, 5.74) is 3.15. The average Bonchev–Trinajstić information content (AvgIpc) is 2.90. The maximum Gasteiger partial charge on any atom is 0.251 e. The van der Waals surface area contributed by atoms with Crippen LogP contribution >= 0.6 is 0 Å². The second-order valence-corrected chi connectivity index (χ2v) is 6.71. The number of carbonyl (C=O) groups is 1. The number of hydrogen-bond donors (Lipinski definition) is 1. The summed E-state index contributed by atoms with van der Waals surface area (Å²) in [5.74, 6) is 0.693. The average molecular weight is 350 g/mol. The Kier molecular flexibility index (Phi) is 5.32. The number of aromatic nitrogens is 2. The van der Waals surface area contributed by atoms with Gasteiger partial charge in [-0.3, -0.25) is 9.69 Å². The van der Waals surface area contributed by atoms with Crippen molar-refractivity contribution in [1.29, 1.82) is 0 Å². The SMILES string of the molecule is Cc1cccc2nc(CNC(=O)C3CCN(CC(F)F)CC3)n(C)c12. The third-order valence-electron chi connectivity index (χ3n) is 4.96. The number of fused-ring (bicyclic) bond motifs is 1. The number of rotatable bonds is 5. The van der Waals surface area contributed by atoms with Gasteiger partial charge in [0.2, 0.25) is 5.91 Å². The molecular weight excluding hydrogens is 326 g/mol. The van der Waals surface area contributed by atoms with Crippen molar-refractivity contribution in [2.24, 2.45) is 13.0 Å². The van der Waals surface area contributed by atoms with E-state index in [0.29, 0.717) is 32.5 Å². The topological polar surface area (TPSA) is 50.2 Å². The fraction of sp³-hybridized carbons (Fsp3) is 0.556. The van der Waals surface area contributed by atoms with Gasteiger partial charge in [0.05, 0.1) is 24.1 Å². The highest BCUT2D eigenvalue weighted by atomic mass is 19.3. The summed E-state index contributed by atoms with van der Waals surface area (Å²) in [6, 6.07) is 5.98. The zero-order chi connectivity index (χ0) is 18.0. The molecule has 1 N–H and O–H groups in total. The van der Waals surface area contributed by atoms with E-state index in [1.54, 1.807) is 4.90 Å². The van der Waals surface area contributed by atoms with Crippen LogP contribution in [0.1, 0.15) is 24.2 Å². The largest absolute Gasteiger partial charge is 0.349 e. The smallest absolute Gasteiger partial charge is 0.251 e. The Balaban J connectivity index is 1.57. The molecule has 1 aliphatic heterocycles. The Morgan fingerprint density at radius 1 is 1.36 bits per heavy atom. The van der Waals surface area contributed by atoms with Crippen molar-refractivity contribution < 1.29 is 13.6 Å². The van der Waals surface area contributed by atoms with Crippen molar-refractivity contribution in [1.82, 2.24) is 19.8 Å². The van der Waals surface area contributed by atoms with Gasteiger partial charge in [0.15, 0.2) is 0 Å². The second kappa shape index (κ2) is 7.47. The first-order valence-electron chi connectivity index (χ1n) is 8.65. The molecule has 0 radical (unpaired) electrons. The van der Waals surface area contributed by atoms with Gasteiger partial charge < -0.3 is 9.88 Å². The highest BCUT2D eigenvalue weighted by molar-refractivity contribution is 5.80. The second-order valence-electron chi connectivity index (χ2n) is 6.71. The summed E-state index contributed by atoms with van der Waals surface area (Å²) < 4.78 is 26.8. The van der Waals surface area contributed by atoms with Gasteiger partial charge in [0.25, 0.3) is 6.43 Å². The number of imidazole rings is 1. The Morgan fingerprint density at radius 2 is 2.08 bits per heavy atom. The van der Waals surface area contributed by atoms with E-state index in [1.165, 1.54) is 0 Å². The van der Waals surface area contributed by atoms with Crippen molar-refractivity contribution in [2.75, 3.05) is 19.6 Å². The number of alkyl halides is 2. The lowest BCUT2D eigenvalue weighted by atomic mass is 9.96. The molecule has 0 spiro atoms. The summed E-state index contributed by atoms with van der Waals surface area (Å²) in [6.07, 6.45) is -1.06. The van der Waals surface area contributed by atoms with Crippen LogP contribution in [-0.4, -0.2) is 46.4 Å². The predicted molar refractivity (Wildman–Crippen MR) is 92.5 cm³/mol. The summed E-state index contributed by atoms with van der Waals surface area (Å²) in [6.45, 7) is 3.32. The molecular formula is C18H24F2N4O. The lowest BCUT2D eigenvalue weighted by molar-refractivity contribution is -0.126. The van der Waals surface area contributed by atoms with Crippen LogP contribution in [0.15, 0.2) is 18.2 Å². The van der Waals surface area contributed by atoms with Crippen LogP contribution in [0, 0.1) is 12.8 Å². The molecule has 0 aliphatic carbocycles. The number of para-hydroxylation sites is 1. The van der Waals surface area contributed by atoms with Gasteiger partial charge >= 0.3 is 0 Å². The molecule has 1 amide bonds. The number of hydrogen-bond acceptors (Lipinski definition) is 3. The summed E-state index contributed by atoms with van der Waals surface area (Å²) in [4.78, 5) is 18.7. The number of nitrogens with one attached hydrogen (secondary N) is 1. The molecule has 7 heteroatoms. The maximum atomic E-state index is 12.4. The molecule has 0 saturated carbocycles. The fourth-order valence-corrected chi connectivity index (χ4v) is 3.55. The van der Waals surface area contributed by atoms with E-state index in [2.05, 4.69) is 10.3 Å². The number of amides is 1. The van der Waals surface area contributed by atoms with E-state index < -0.39 is 6.43 Å². The third-order valence-corrected chi connectivity index (χ3v) is 4.96. The molecule has 5 nitrogen and oxygen atoms in total. The molecule has 1 saturated heterocycles. The molecule has 1 fully saturated rings. The number of nitrogens with zero attached hydrogens (tertiary/aromatic N) is 3. The minimum Gasteiger partial charge on any atom is -0.349 e. The van der Waals surface area contributed by atoms with E-state index in [-0.39, 0.29) is 18.4 Å². The van der Waals surface area contributed by atoms with Gasteiger partial charge in [-0.1, -0.05) is 12.1 Å². The Hall–Kier alpha value is -2.02. The molecule has 0 unspecified atom stereocenters. The predicted octanol–water partition coefficient (Wildman–Crippen LogP) is 2.48. The van der Waals surface area contributed by atoms with Crippen LogP contribution in [0.2, 0.25) is 0 Å². The van der Waals surface area contributed by atoms with Gasteiger partial charge in [0, 0.05) is 13.0 Å². The third kappa shape index (κ3) is 3.98. The minimum atomic E-state index is -2.31. The summed E-state index contributed by atoms with van der Waals surface area (Å²) in [5, 5.41) is 2.96. The summed E-state index contributed by atoms with van der Waals surface area (Å²) >= 11 is 0. The maximum absolute atomic E-state index is 12.4. The standard InChI is InChI=1S/C18H24F2N4O/c1-12-4-3-5-14-17(12)23(2)16(22-14)10-21-18(25)13-6-8-24(9-7-13)11-15(19)20/h3-5,13,15H,6-11H2,1-2H3,(H,21,25). The van der Waals surface area contributed by atoms with Gasteiger partial charge in [-0.25, -0.2) is 13.8 Å². The highest BCUT2D eigenvalue weighted by Crippen LogP contribution is 2.20. The molecule has 136 valence electrons. The monoisotopic (exact) mass is 350 g/mol. The van der Waals surface area contributed by atoms with E-state index in [0.717, 1.165) is 22.4 Å². The van der Waals surface area contributed by atoms with Crippen LogP contribution in [-0.2, 0) is 18.4 Å². The molecule has 0 atom stereocenters. The highest BCUT2D eigenvalue weighted by Gasteiger charge is 2.26. The molecule has 1 aromatic carbocycles. The number of carbonyl (C=O) groups excluding carboxylic acids is 1. The van der Waals surface area contributed by atoms with Gasteiger partial charge in [-0.15, -0.1) is 0 Å². The number of likely N-dealkylation sites (tertiary alicyclic amines) is 1. The number of aryl methyl sites for hydroxylation is 2. The van der Waals surface area contributed by atoms with Crippen molar-refractivity contribution in [3.63, 3.8) is 0 Å². The van der Waals surface area contributed by atoms with Gasteiger partial charge in [0.1, 0.15) is 5.82 Å². The first-order chi connectivity index (χ1) is 12.0. The molecule has 3 rings (SSSR count). The van der Waals surface area contributed by atoms with Crippen LogP contribution < -0.4 is 5.32 Å². The van der Waals surface area contributed by atoms with Crippen molar-refractivity contribution in [3.05, 3.63) is 29.6 Å². The lowest BCUT2D eigenvalue weighted by Gasteiger charge is -2.30. The number of benzene rings is 1. The zero-order valence-electron chi connectivity index (χ0n) is 14.6. The zero-order valence-corrected chi connectivity index (χ0v) is 14.6. The number of halogens is 2. The Labute approximate surface area is 146 Å². The van der Waals surface area contributed by atoms with Crippen LogP contribution in [0.25, 0.3) is 11.0 Å². The normalized spacial score (nSPS) is 16.7. The number of piperidine rings is 1. The Morgan fingerprint density at radius 3 is 2.72 bits per heavy atom. The van der Waals surface area contributed by atoms with Crippen molar-refractivity contribution >= 4 is 16.9 Å². The first-order valence-corrected chi connectivity index (χ1v) is 8.65. The van der Waals surface area contributed by atoms with Crippen LogP contribution in [0.3, 0.4) is 0 Å². The quantitative estimate of drug-likeness (QED) is 0.901. The molecule has 25 heavy (non-hydrogen) atoms. The van der Waals surface area contributed by atoms with E-state index >= 15 is 0 Å². The molecule has 2 heterocycles. The van der Waals surface area contributed by atoms with Crippen LogP contribution in [0.4, 0.5) is 8.78 Å². The Bertz CT molecular complexity index is 751. The lowest BCUT2D eigenvalue weighted by Crippen LogP contribution is -2.42. The molecule has 0 bridgehead atoms. The van der Waals surface area contributed by atoms with Gasteiger partial charge in [-0.2, -0.15) is 0 Å². The van der Waals surface area contributed by atoms with Crippen molar-refractivity contribution in [3.8, 4) is 0 Å². The van der Waals surface area contributed by atoms with E-state index in [1.807, 2.05) is 36.7 Å². The van der Waals surface area contributed by atoms with Crippen molar-refractivity contribution in [2.45, 2.75) is 32.7 Å². The molecule has 1 aliphatic rings.